The van der Waals surface area contributed by atoms with Crippen LogP contribution in [-0.2, 0) is 33.7 Å². The zero-order valence-corrected chi connectivity index (χ0v) is 31.5. The van der Waals surface area contributed by atoms with Gasteiger partial charge in [-0.15, -0.1) is 13.2 Å². The molecule has 53 heavy (non-hydrogen) atoms. The quantitative estimate of drug-likeness (QED) is 0.0507. The summed E-state index contributed by atoms with van der Waals surface area (Å²) in [6.07, 6.45) is 15.3. The van der Waals surface area contributed by atoms with E-state index in [1.807, 2.05) is 25.1 Å². The molecule has 11 heteroatoms. The van der Waals surface area contributed by atoms with Crippen molar-refractivity contribution in [3.8, 4) is 11.1 Å². The molecule has 0 radical (unpaired) electrons. The van der Waals surface area contributed by atoms with Crippen molar-refractivity contribution in [1.29, 1.82) is 0 Å². The number of Topliss-reactive ketones (excluding diaryl/α,β-unsaturated/α-hetero) is 2. The Labute approximate surface area is 316 Å². The summed E-state index contributed by atoms with van der Waals surface area (Å²) in [5, 5.41) is 5.27. The highest BCUT2D eigenvalue weighted by atomic mass is 35.5. The van der Waals surface area contributed by atoms with Crippen LogP contribution in [0.3, 0.4) is 0 Å². The van der Waals surface area contributed by atoms with Crippen molar-refractivity contribution in [1.82, 2.24) is 24.6 Å². The predicted octanol–water partition coefficient (Wildman–Crippen LogP) is 8.63. The Kier molecular flexibility index (Phi) is 14.2. The minimum atomic E-state index is -0.835. The Morgan fingerprint density at radius 2 is 1.74 bits per heavy atom. The molecular weight excluding hydrogens is 693 g/mol. The van der Waals surface area contributed by atoms with E-state index in [4.69, 9.17) is 16.3 Å². The van der Waals surface area contributed by atoms with Crippen molar-refractivity contribution in [2.75, 3.05) is 13.2 Å². The molecule has 1 aliphatic heterocycles. The fourth-order valence-corrected chi connectivity index (χ4v) is 7.29. The molecule has 4 aromatic rings. The summed E-state index contributed by atoms with van der Waals surface area (Å²) in [6.45, 7) is 11.6. The number of benzene rings is 2. The van der Waals surface area contributed by atoms with Crippen molar-refractivity contribution >= 4 is 40.0 Å². The van der Waals surface area contributed by atoms with Crippen LogP contribution in [0.15, 0.2) is 68.0 Å². The van der Waals surface area contributed by atoms with Gasteiger partial charge in [0.1, 0.15) is 29.9 Å². The molecule has 0 spiro atoms. The molecule has 280 valence electrons. The summed E-state index contributed by atoms with van der Waals surface area (Å²) >= 11 is 6.01. The van der Waals surface area contributed by atoms with Crippen LogP contribution in [0.2, 0.25) is 5.02 Å². The van der Waals surface area contributed by atoms with Crippen LogP contribution in [0.1, 0.15) is 92.2 Å². The third kappa shape index (κ3) is 9.91. The lowest BCUT2D eigenvalue weighted by molar-refractivity contribution is -0.141. The number of amides is 1. The Morgan fingerprint density at radius 3 is 2.45 bits per heavy atom. The number of likely N-dealkylation sites (tertiary alicyclic amines) is 1. The Morgan fingerprint density at radius 1 is 1.00 bits per heavy atom. The number of rotatable bonds is 20. The van der Waals surface area contributed by atoms with Crippen LogP contribution < -0.4 is 0 Å². The number of nitrogens with zero attached hydrogens (tertiary/aromatic N) is 5. The molecule has 2 aromatic carbocycles. The van der Waals surface area contributed by atoms with E-state index in [1.165, 1.54) is 19.4 Å². The van der Waals surface area contributed by atoms with Gasteiger partial charge >= 0.3 is 0 Å². The molecule has 3 heterocycles. The number of halogens is 2. The highest BCUT2D eigenvalue weighted by Gasteiger charge is 2.42. The number of hydrogen-bond donors (Lipinski definition) is 0. The third-order valence-corrected chi connectivity index (χ3v) is 10.1. The van der Waals surface area contributed by atoms with Gasteiger partial charge in [-0.1, -0.05) is 61.6 Å². The number of fused-ring (bicyclic) bond motifs is 1. The largest absolute Gasteiger partial charge is 0.376 e. The second-order valence-electron chi connectivity index (χ2n) is 13.7. The van der Waals surface area contributed by atoms with Crippen LogP contribution in [0.5, 0.6) is 0 Å². The predicted molar refractivity (Wildman–Crippen MR) is 207 cm³/mol. The molecule has 9 nitrogen and oxygen atoms in total. The zero-order valence-electron chi connectivity index (χ0n) is 30.8. The number of unbranched alkanes of at least 4 members (excludes halogenated alkanes) is 6. The van der Waals surface area contributed by atoms with Crippen molar-refractivity contribution in [2.45, 2.75) is 103 Å². The van der Waals surface area contributed by atoms with E-state index >= 15 is 0 Å². The number of carbonyl (C=O) groups is 3. The van der Waals surface area contributed by atoms with Crippen LogP contribution in [0.4, 0.5) is 4.39 Å². The lowest BCUT2D eigenvalue weighted by atomic mass is 9.98. The van der Waals surface area contributed by atoms with E-state index in [1.54, 1.807) is 40.2 Å². The SMILES string of the molecule is C=CCCCCCCCCO[C@@H]1CCN(C(=O)Cn2nc(C(C)=O)c3cc(-c4cnc(C)nc4)cc(CC=C)c32)[C@@H]1C(=O)CCc1cccc(Cl)c1F. The second-order valence-corrected chi connectivity index (χ2v) is 14.1. The minimum Gasteiger partial charge on any atom is -0.376 e. The lowest BCUT2D eigenvalue weighted by Gasteiger charge is -2.27. The molecule has 0 unspecified atom stereocenters. The van der Waals surface area contributed by atoms with Crippen LogP contribution in [0.25, 0.3) is 22.0 Å². The summed E-state index contributed by atoms with van der Waals surface area (Å²) < 4.78 is 22.6. The monoisotopic (exact) mass is 741 g/mol. The highest BCUT2D eigenvalue weighted by Crippen LogP contribution is 2.32. The van der Waals surface area contributed by atoms with Gasteiger partial charge in [0.2, 0.25) is 5.91 Å². The summed E-state index contributed by atoms with van der Waals surface area (Å²) in [4.78, 5) is 51.3. The van der Waals surface area contributed by atoms with Crippen molar-refractivity contribution < 1.29 is 23.5 Å². The van der Waals surface area contributed by atoms with E-state index in [0.29, 0.717) is 48.3 Å². The highest BCUT2D eigenvalue weighted by molar-refractivity contribution is 6.30. The summed E-state index contributed by atoms with van der Waals surface area (Å²) in [5.74, 6) is -0.655. The fraction of sp³-hybridized carbons (Fsp3) is 0.429. The average Bonchev–Trinajstić information content (AvgIpc) is 3.74. The summed E-state index contributed by atoms with van der Waals surface area (Å²) in [7, 11) is 0. The van der Waals surface area contributed by atoms with Crippen LogP contribution >= 0.6 is 11.6 Å². The van der Waals surface area contributed by atoms with Crippen LogP contribution in [0, 0.1) is 12.7 Å². The number of ketones is 2. The lowest BCUT2D eigenvalue weighted by Crippen LogP contribution is -2.47. The summed E-state index contributed by atoms with van der Waals surface area (Å²) in [5.41, 5.74) is 3.67. The van der Waals surface area contributed by atoms with Gasteiger partial charge in [-0.25, -0.2) is 14.4 Å². The first kappa shape index (κ1) is 39.7. The number of carbonyl (C=O) groups excluding carboxylic acids is 3. The van der Waals surface area contributed by atoms with Gasteiger partial charge in [0.05, 0.1) is 16.6 Å². The first-order chi connectivity index (χ1) is 25.6. The van der Waals surface area contributed by atoms with Crippen molar-refractivity contribution in [3.63, 3.8) is 0 Å². The van der Waals surface area contributed by atoms with E-state index in [2.05, 4.69) is 28.2 Å². The number of aryl methyl sites for hydroxylation is 2. The van der Waals surface area contributed by atoms with Crippen molar-refractivity contribution in [3.05, 3.63) is 102 Å². The van der Waals surface area contributed by atoms with Gasteiger partial charge in [-0.3, -0.25) is 19.1 Å². The standard InChI is InChI=1S/C42H49ClFN5O4/c1-5-7-8-9-10-11-12-13-22-53-37-20-21-48(42(37)36(51)19-18-30-16-14-17-35(43)39(30)44)38(52)27-49-41-31(15-6-2)23-32(33-25-45-29(4)46-26-33)24-34(41)40(47-49)28(3)50/h5-6,14,16-17,23-26,37,42H,1-2,7-13,15,18-22,27H2,3-4H3/t37-,42-/m1/s1. The third-order valence-electron chi connectivity index (χ3n) is 9.82. The smallest absolute Gasteiger partial charge is 0.245 e. The Bertz CT molecular complexity index is 1940. The molecule has 0 bridgehead atoms. The van der Waals surface area contributed by atoms with Gasteiger partial charge in [-0.2, -0.15) is 5.10 Å². The molecule has 0 N–H and O–H groups in total. The van der Waals surface area contributed by atoms with Crippen LogP contribution in [-0.4, -0.2) is 67.4 Å². The van der Waals surface area contributed by atoms with E-state index < -0.39 is 18.0 Å². The minimum absolute atomic E-state index is 0.000979. The van der Waals surface area contributed by atoms with Gasteiger partial charge in [-0.05, 0) is 80.3 Å². The molecular formula is C42H49ClFN5O4. The van der Waals surface area contributed by atoms with E-state index in [-0.39, 0.29) is 47.6 Å². The molecule has 5 rings (SSSR count). The second kappa shape index (κ2) is 19.0. The topological polar surface area (TPSA) is 107 Å². The van der Waals surface area contributed by atoms with Crippen molar-refractivity contribution in [2.24, 2.45) is 0 Å². The number of aromatic nitrogens is 4. The van der Waals surface area contributed by atoms with Gasteiger partial charge in [0.15, 0.2) is 11.6 Å². The van der Waals surface area contributed by atoms with Gasteiger partial charge in [0.25, 0.3) is 0 Å². The normalized spacial score (nSPS) is 15.6. The van der Waals surface area contributed by atoms with Gasteiger partial charge < -0.3 is 9.64 Å². The average molecular weight is 742 g/mol. The maximum Gasteiger partial charge on any atom is 0.245 e. The zero-order chi connectivity index (χ0) is 37.9. The molecule has 1 amide bonds. The summed E-state index contributed by atoms with van der Waals surface area (Å²) in [6, 6.07) is 7.77. The van der Waals surface area contributed by atoms with E-state index in [9.17, 15) is 18.8 Å². The first-order valence-corrected chi connectivity index (χ1v) is 18.9. The molecule has 2 aromatic heterocycles. The van der Waals surface area contributed by atoms with E-state index in [0.717, 1.165) is 55.2 Å². The maximum absolute atomic E-state index is 14.7. The molecule has 1 saturated heterocycles. The molecule has 0 saturated carbocycles. The Hall–Kier alpha value is -4.54. The number of ether oxygens (including phenoxy) is 1. The fourth-order valence-electron chi connectivity index (χ4n) is 7.10. The molecule has 1 aliphatic rings. The Balaban J connectivity index is 1.38. The molecule has 0 aliphatic carbocycles. The van der Waals surface area contributed by atoms with Gasteiger partial charge in [0, 0.05) is 49.8 Å². The first-order valence-electron chi connectivity index (χ1n) is 18.5. The number of allylic oxidation sites excluding steroid dienone is 2. The molecule has 2 atom stereocenters. The molecule has 1 fully saturated rings. The maximum atomic E-state index is 14.7. The number of hydrogen-bond acceptors (Lipinski definition) is 7.